The van der Waals surface area contributed by atoms with Gasteiger partial charge in [-0.2, -0.15) is 0 Å². The number of aryl methyl sites for hydroxylation is 1. The highest BCUT2D eigenvalue weighted by Gasteiger charge is 2.15. The predicted octanol–water partition coefficient (Wildman–Crippen LogP) is 1.99. The van der Waals surface area contributed by atoms with E-state index in [1.807, 2.05) is 35.9 Å². The maximum absolute atomic E-state index is 11.3. The lowest BCUT2D eigenvalue weighted by molar-refractivity contribution is -0.110. The van der Waals surface area contributed by atoms with Gasteiger partial charge in [0.05, 0.1) is 5.52 Å². The fraction of sp³-hybridized carbons (Fsp3) is 0.154. The van der Waals surface area contributed by atoms with E-state index in [1.165, 1.54) is 6.92 Å². The molecule has 2 heterocycles. The van der Waals surface area contributed by atoms with Crippen molar-refractivity contribution in [2.75, 3.05) is 0 Å². The summed E-state index contributed by atoms with van der Waals surface area (Å²) >= 11 is 0.883. The van der Waals surface area contributed by atoms with Gasteiger partial charge in [0.2, 0.25) is 5.16 Å². The van der Waals surface area contributed by atoms with Crippen molar-refractivity contribution >= 4 is 44.7 Å². The van der Waals surface area contributed by atoms with Crippen molar-refractivity contribution in [1.82, 2.24) is 19.7 Å². The van der Waals surface area contributed by atoms with Crippen LogP contribution in [0.15, 0.2) is 34.6 Å². The van der Waals surface area contributed by atoms with Crippen LogP contribution in [0, 0.1) is 0 Å². The average Bonchev–Trinajstić information content (AvgIpc) is 2.78. The van der Waals surface area contributed by atoms with Crippen LogP contribution in [0.3, 0.4) is 0 Å². The minimum Gasteiger partial charge on any atom is -0.410 e. The molecule has 1 aromatic carbocycles. The zero-order chi connectivity index (χ0) is 15.0. The standard InChI is InChI=1S/C13H11N5O2S/c1-7(19)12(17-20)21-13-14-11-10(15-16-13)8-5-3-4-6-9(8)18(11)2/h3-6,20H,1-2H3/b17-12-. The second-order valence-corrected chi connectivity index (χ2v) is 5.36. The Morgan fingerprint density at radius 1 is 1.33 bits per heavy atom. The van der Waals surface area contributed by atoms with E-state index >= 15 is 0 Å². The topological polar surface area (TPSA) is 93.3 Å². The molecule has 2 aromatic heterocycles. The van der Waals surface area contributed by atoms with Crippen molar-refractivity contribution in [2.45, 2.75) is 12.1 Å². The van der Waals surface area contributed by atoms with Gasteiger partial charge in [-0.15, -0.1) is 10.2 Å². The molecule has 0 aliphatic rings. The molecule has 0 saturated heterocycles. The maximum atomic E-state index is 11.3. The Labute approximate surface area is 123 Å². The first-order valence-electron chi connectivity index (χ1n) is 6.10. The molecular weight excluding hydrogens is 290 g/mol. The van der Waals surface area contributed by atoms with Crippen LogP contribution in [-0.4, -0.2) is 35.8 Å². The first kappa shape index (κ1) is 13.5. The number of para-hydroxylation sites is 1. The van der Waals surface area contributed by atoms with Gasteiger partial charge in [-0.05, 0) is 17.8 Å². The highest BCUT2D eigenvalue weighted by atomic mass is 32.2. The molecule has 3 aromatic rings. The normalized spacial score (nSPS) is 12.2. The van der Waals surface area contributed by atoms with Gasteiger partial charge in [0.25, 0.3) is 0 Å². The van der Waals surface area contributed by atoms with E-state index in [0.29, 0.717) is 11.2 Å². The summed E-state index contributed by atoms with van der Waals surface area (Å²) in [5.41, 5.74) is 2.36. The number of oxime groups is 1. The number of hydrogen-bond donors (Lipinski definition) is 1. The fourth-order valence-electron chi connectivity index (χ4n) is 2.08. The Balaban J connectivity index is 2.14. The average molecular weight is 301 g/mol. The third-order valence-corrected chi connectivity index (χ3v) is 3.99. The Morgan fingerprint density at radius 2 is 2.10 bits per heavy atom. The first-order valence-corrected chi connectivity index (χ1v) is 6.92. The third-order valence-electron chi connectivity index (χ3n) is 3.07. The summed E-state index contributed by atoms with van der Waals surface area (Å²) in [5.74, 6) is -0.358. The quantitative estimate of drug-likeness (QED) is 0.256. The van der Waals surface area contributed by atoms with Gasteiger partial charge in [0, 0.05) is 19.4 Å². The van der Waals surface area contributed by atoms with E-state index in [-0.39, 0.29) is 16.0 Å². The molecule has 1 N–H and O–H groups in total. The van der Waals surface area contributed by atoms with Crippen LogP contribution in [0.4, 0.5) is 0 Å². The molecule has 0 fully saturated rings. The highest BCUT2D eigenvalue weighted by Crippen LogP contribution is 2.26. The third kappa shape index (κ3) is 2.23. The number of Topliss-reactive ketones (excluding diaryl/α,β-unsaturated/α-hetero) is 1. The van der Waals surface area contributed by atoms with Crippen molar-refractivity contribution in [2.24, 2.45) is 12.2 Å². The molecule has 0 bridgehead atoms. The molecule has 7 nitrogen and oxygen atoms in total. The summed E-state index contributed by atoms with van der Waals surface area (Å²) < 4.78 is 1.91. The Hall–Kier alpha value is -2.48. The lowest BCUT2D eigenvalue weighted by Gasteiger charge is -1.99. The molecule has 21 heavy (non-hydrogen) atoms. The van der Waals surface area contributed by atoms with Gasteiger partial charge in [0.1, 0.15) is 5.52 Å². The molecule has 0 aliphatic carbocycles. The monoisotopic (exact) mass is 301 g/mol. The number of fused-ring (bicyclic) bond motifs is 3. The van der Waals surface area contributed by atoms with Crippen LogP contribution in [0.25, 0.3) is 22.1 Å². The smallest absolute Gasteiger partial charge is 0.217 e. The summed E-state index contributed by atoms with van der Waals surface area (Å²) in [7, 11) is 1.89. The molecule has 3 rings (SSSR count). The van der Waals surface area contributed by atoms with Crippen molar-refractivity contribution in [3.8, 4) is 0 Å². The van der Waals surface area contributed by atoms with E-state index in [0.717, 1.165) is 22.7 Å². The summed E-state index contributed by atoms with van der Waals surface area (Å²) in [5, 5.41) is 21.1. The van der Waals surface area contributed by atoms with E-state index < -0.39 is 0 Å². The van der Waals surface area contributed by atoms with Gasteiger partial charge in [0.15, 0.2) is 16.5 Å². The van der Waals surface area contributed by atoms with Gasteiger partial charge in [-0.1, -0.05) is 23.4 Å². The zero-order valence-electron chi connectivity index (χ0n) is 11.3. The second-order valence-electron chi connectivity index (χ2n) is 4.41. The molecule has 8 heteroatoms. The van der Waals surface area contributed by atoms with Gasteiger partial charge in [-0.25, -0.2) is 4.98 Å². The summed E-state index contributed by atoms with van der Waals surface area (Å²) in [4.78, 5) is 15.6. The van der Waals surface area contributed by atoms with Crippen molar-refractivity contribution in [3.63, 3.8) is 0 Å². The minimum absolute atomic E-state index is 0.0742. The van der Waals surface area contributed by atoms with E-state index in [1.54, 1.807) is 0 Å². The number of ketones is 1. The number of aromatic nitrogens is 4. The molecule has 0 atom stereocenters. The van der Waals surface area contributed by atoms with E-state index in [4.69, 9.17) is 5.21 Å². The molecule has 0 saturated carbocycles. The number of hydrogen-bond acceptors (Lipinski definition) is 7. The second kappa shape index (κ2) is 5.13. The van der Waals surface area contributed by atoms with Crippen molar-refractivity contribution in [1.29, 1.82) is 0 Å². The zero-order valence-corrected chi connectivity index (χ0v) is 12.1. The van der Waals surface area contributed by atoms with Crippen LogP contribution >= 0.6 is 11.8 Å². The van der Waals surface area contributed by atoms with Gasteiger partial charge in [-0.3, -0.25) is 4.79 Å². The number of carbonyl (C=O) groups excluding carboxylic acids is 1. The van der Waals surface area contributed by atoms with E-state index in [2.05, 4.69) is 20.3 Å². The Morgan fingerprint density at radius 3 is 2.81 bits per heavy atom. The highest BCUT2D eigenvalue weighted by molar-refractivity contribution is 8.15. The number of carbonyl (C=O) groups is 1. The molecule has 0 amide bonds. The van der Waals surface area contributed by atoms with Crippen LogP contribution in [0.1, 0.15) is 6.92 Å². The van der Waals surface area contributed by atoms with E-state index in [9.17, 15) is 4.79 Å². The summed E-state index contributed by atoms with van der Waals surface area (Å²) in [6.07, 6.45) is 0. The number of rotatable bonds is 2. The number of thioether (sulfide) groups is 1. The SMILES string of the molecule is CC(=O)/C(=N/O)Sc1nnc2c3ccccc3n(C)c2n1. The van der Waals surface area contributed by atoms with Crippen LogP contribution < -0.4 is 0 Å². The van der Waals surface area contributed by atoms with Crippen molar-refractivity contribution < 1.29 is 10.0 Å². The van der Waals surface area contributed by atoms with Gasteiger partial charge >= 0.3 is 0 Å². The van der Waals surface area contributed by atoms with Gasteiger partial charge < -0.3 is 9.77 Å². The maximum Gasteiger partial charge on any atom is 0.217 e. The van der Waals surface area contributed by atoms with Crippen molar-refractivity contribution in [3.05, 3.63) is 24.3 Å². The Kier molecular flexibility index (Phi) is 3.30. The fourth-order valence-corrected chi connectivity index (χ4v) is 2.66. The molecule has 0 spiro atoms. The minimum atomic E-state index is -0.358. The molecular formula is C13H11N5O2S. The van der Waals surface area contributed by atoms with Crippen LogP contribution in [0.5, 0.6) is 0 Å². The lowest BCUT2D eigenvalue weighted by Crippen LogP contribution is -2.07. The molecule has 106 valence electrons. The lowest BCUT2D eigenvalue weighted by atomic mass is 10.2. The van der Waals surface area contributed by atoms with Crippen LogP contribution in [-0.2, 0) is 11.8 Å². The van der Waals surface area contributed by atoms with Crippen LogP contribution in [0.2, 0.25) is 0 Å². The molecule has 0 unspecified atom stereocenters. The predicted molar refractivity (Wildman–Crippen MR) is 79.6 cm³/mol. The molecule has 0 radical (unpaired) electrons. The largest absolute Gasteiger partial charge is 0.410 e. The molecule has 0 aliphatic heterocycles. The number of benzene rings is 1. The summed E-state index contributed by atoms with van der Waals surface area (Å²) in [6.45, 7) is 1.31. The summed E-state index contributed by atoms with van der Waals surface area (Å²) in [6, 6.07) is 7.80. The first-order chi connectivity index (χ1) is 10.1. The Bertz CT molecular complexity index is 887. The number of nitrogens with zero attached hydrogens (tertiary/aromatic N) is 5.